The van der Waals surface area contributed by atoms with E-state index in [-0.39, 0.29) is 0 Å². The number of hydrogen-bond donors (Lipinski definition) is 2. The molecule has 1 aliphatic heterocycles. The van der Waals surface area contributed by atoms with Crippen LogP contribution in [0.4, 0.5) is 22.9 Å². The molecule has 1 fully saturated rings. The highest BCUT2D eigenvalue weighted by atomic mass is 15.3. The first-order chi connectivity index (χ1) is 12.7. The van der Waals surface area contributed by atoms with E-state index < -0.39 is 0 Å². The van der Waals surface area contributed by atoms with Crippen molar-refractivity contribution in [3.63, 3.8) is 0 Å². The Morgan fingerprint density at radius 1 is 0.923 bits per heavy atom. The van der Waals surface area contributed by atoms with Gasteiger partial charge in [-0.3, -0.25) is 0 Å². The highest BCUT2D eigenvalue weighted by molar-refractivity contribution is 5.59. The molecule has 7 heteroatoms. The topological polar surface area (TPSA) is 75.2 Å². The van der Waals surface area contributed by atoms with Crippen molar-refractivity contribution >= 4 is 22.9 Å². The smallest absolute Gasteiger partial charge is 0.128 e. The number of pyridine rings is 1. The van der Waals surface area contributed by atoms with Crippen LogP contribution < -0.4 is 16.0 Å². The highest BCUT2D eigenvalue weighted by Gasteiger charge is 2.15. The van der Waals surface area contributed by atoms with E-state index in [1.165, 1.54) is 0 Å². The molecule has 134 valence electrons. The van der Waals surface area contributed by atoms with Gasteiger partial charge in [-0.15, -0.1) is 0 Å². The van der Waals surface area contributed by atoms with Crippen molar-refractivity contribution in [2.24, 2.45) is 0 Å². The molecule has 7 nitrogen and oxygen atoms in total. The molecule has 0 bridgehead atoms. The maximum Gasteiger partial charge on any atom is 0.128 e. The monoisotopic (exact) mass is 349 g/mol. The molecular weight excluding hydrogens is 326 g/mol. The third kappa shape index (κ3) is 3.62. The first-order valence-corrected chi connectivity index (χ1v) is 8.74. The van der Waals surface area contributed by atoms with Crippen molar-refractivity contribution < 1.29 is 0 Å². The summed E-state index contributed by atoms with van der Waals surface area (Å²) in [5.41, 5.74) is 9.30. The van der Waals surface area contributed by atoms with Crippen molar-refractivity contribution in [3.8, 4) is 5.69 Å². The number of nitrogen functional groups attached to an aromatic ring is 1. The Hall–Kier alpha value is -3.06. The molecule has 3 N–H and O–H groups in total. The molecule has 0 unspecified atom stereocenters. The summed E-state index contributed by atoms with van der Waals surface area (Å²) in [6, 6.07) is 11.7. The minimum absolute atomic E-state index is 0.741. The van der Waals surface area contributed by atoms with Crippen LogP contribution in [0.1, 0.15) is 0 Å². The van der Waals surface area contributed by atoms with Crippen LogP contribution in [-0.2, 0) is 0 Å². The summed E-state index contributed by atoms with van der Waals surface area (Å²) in [6.45, 7) is 4.19. The van der Waals surface area contributed by atoms with Crippen LogP contribution in [0.15, 0.2) is 55.0 Å². The number of aromatic nitrogens is 3. The zero-order valence-electron chi connectivity index (χ0n) is 14.8. The molecule has 0 spiro atoms. The lowest BCUT2D eigenvalue weighted by Gasteiger charge is -2.33. The maximum absolute atomic E-state index is 5.73. The fraction of sp³-hybridized carbons (Fsp3) is 0.263. The zero-order chi connectivity index (χ0) is 17.9. The molecule has 26 heavy (non-hydrogen) atoms. The molecule has 1 saturated heterocycles. The Morgan fingerprint density at radius 3 is 2.38 bits per heavy atom. The van der Waals surface area contributed by atoms with Gasteiger partial charge in [0.2, 0.25) is 0 Å². The Balaban J connectivity index is 1.42. The fourth-order valence-electron chi connectivity index (χ4n) is 3.00. The molecule has 3 aromatic rings. The number of benzene rings is 1. The maximum atomic E-state index is 5.73. The second kappa shape index (κ2) is 7.05. The van der Waals surface area contributed by atoms with Gasteiger partial charge in [-0.2, -0.15) is 5.10 Å². The molecule has 1 aliphatic rings. The van der Waals surface area contributed by atoms with Crippen molar-refractivity contribution in [2.75, 3.05) is 49.2 Å². The van der Waals surface area contributed by atoms with Crippen LogP contribution in [0, 0.1) is 0 Å². The van der Waals surface area contributed by atoms with Crippen LogP contribution in [0.3, 0.4) is 0 Å². The molecule has 1 aromatic carbocycles. The minimum atomic E-state index is 0.741. The van der Waals surface area contributed by atoms with Gasteiger partial charge in [0, 0.05) is 31.9 Å². The average molecular weight is 349 g/mol. The van der Waals surface area contributed by atoms with Crippen LogP contribution in [0.5, 0.6) is 0 Å². The first-order valence-electron chi connectivity index (χ1n) is 8.74. The molecular formula is C19H23N7. The van der Waals surface area contributed by atoms with E-state index in [4.69, 9.17) is 5.73 Å². The summed E-state index contributed by atoms with van der Waals surface area (Å²) in [5.74, 6) is 1.03. The fourth-order valence-corrected chi connectivity index (χ4v) is 3.00. The predicted molar refractivity (Wildman–Crippen MR) is 105 cm³/mol. The Labute approximate surface area is 153 Å². The number of nitrogens with two attached hydrogens (primary N) is 1. The summed E-state index contributed by atoms with van der Waals surface area (Å²) in [7, 11) is 2.16. The first kappa shape index (κ1) is 16.4. The van der Waals surface area contributed by atoms with Gasteiger partial charge in [-0.25, -0.2) is 9.67 Å². The molecule has 0 aliphatic carbocycles. The third-order valence-corrected chi connectivity index (χ3v) is 4.60. The number of anilines is 4. The molecule has 0 saturated carbocycles. The van der Waals surface area contributed by atoms with Crippen LogP contribution in [-0.4, -0.2) is 52.9 Å². The lowest BCUT2D eigenvalue weighted by molar-refractivity contribution is 0.312. The number of piperazine rings is 1. The highest BCUT2D eigenvalue weighted by Crippen LogP contribution is 2.20. The zero-order valence-corrected chi connectivity index (χ0v) is 14.8. The molecule has 0 atom stereocenters. The number of nitrogens with one attached hydrogen (secondary N) is 1. The predicted octanol–water partition coefficient (Wildman–Crippen LogP) is 2.34. The standard InChI is InChI=1S/C19H23N7/c1-24-8-10-25(11-9-24)19-7-4-16(12-21-19)23-17-13-22-26(14-17)18-5-2-15(20)3-6-18/h2-7,12-14,23H,8-11,20H2,1H3. The van der Waals surface area contributed by atoms with E-state index in [1.807, 2.05) is 41.3 Å². The van der Waals surface area contributed by atoms with Gasteiger partial charge in [-0.1, -0.05) is 0 Å². The summed E-state index contributed by atoms with van der Waals surface area (Å²) >= 11 is 0. The minimum Gasteiger partial charge on any atom is -0.399 e. The van der Waals surface area contributed by atoms with E-state index in [9.17, 15) is 0 Å². The third-order valence-electron chi connectivity index (χ3n) is 4.60. The van der Waals surface area contributed by atoms with Crippen molar-refractivity contribution in [3.05, 3.63) is 55.0 Å². The molecule has 0 amide bonds. The van der Waals surface area contributed by atoms with Gasteiger partial charge in [0.25, 0.3) is 0 Å². The van der Waals surface area contributed by atoms with Gasteiger partial charge < -0.3 is 20.9 Å². The second-order valence-electron chi connectivity index (χ2n) is 6.59. The van der Waals surface area contributed by atoms with Crippen LogP contribution >= 0.6 is 0 Å². The summed E-state index contributed by atoms with van der Waals surface area (Å²) < 4.78 is 1.81. The lowest BCUT2D eigenvalue weighted by atomic mass is 10.3. The Bertz CT molecular complexity index is 846. The second-order valence-corrected chi connectivity index (χ2v) is 6.59. The quantitative estimate of drug-likeness (QED) is 0.704. The van der Waals surface area contributed by atoms with Crippen molar-refractivity contribution in [1.82, 2.24) is 19.7 Å². The lowest BCUT2D eigenvalue weighted by Crippen LogP contribution is -2.44. The van der Waals surface area contributed by atoms with Gasteiger partial charge in [0.05, 0.1) is 35.7 Å². The molecule has 2 aromatic heterocycles. The summed E-state index contributed by atoms with van der Waals surface area (Å²) in [5, 5.41) is 7.74. The number of likely N-dealkylation sites (N-methyl/N-ethyl adjacent to an activating group) is 1. The van der Waals surface area contributed by atoms with E-state index in [2.05, 4.69) is 44.4 Å². The van der Waals surface area contributed by atoms with Crippen molar-refractivity contribution in [1.29, 1.82) is 0 Å². The SMILES string of the molecule is CN1CCN(c2ccc(Nc3cnn(-c4ccc(N)cc4)c3)cn2)CC1. The summed E-state index contributed by atoms with van der Waals surface area (Å²) in [4.78, 5) is 9.26. The Morgan fingerprint density at radius 2 is 1.69 bits per heavy atom. The van der Waals surface area contributed by atoms with Crippen molar-refractivity contribution in [2.45, 2.75) is 0 Å². The number of hydrogen-bond acceptors (Lipinski definition) is 6. The average Bonchev–Trinajstić information content (AvgIpc) is 3.12. The Kier molecular flexibility index (Phi) is 4.45. The van der Waals surface area contributed by atoms with E-state index in [1.54, 1.807) is 6.20 Å². The number of rotatable bonds is 4. The van der Waals surface area contributed by atoms with Gasteiger partial charge >= 0.3 is 0 Å². The molecule has 0 radical (unpaired) electrons. The van der Waals surface area contributed by atoms with Gasteiger partial charge in [0.15, 0.2) is 0 Å². The molecule has 3 heterocycles. The summed E-state index contributed by atoms with van der Waals surface area (Å²) in [6.07, 6.45) is 5.61. The van der Waals surface area contributed by atoms with E-state index in [0.29, 0.717) is 0 Å². The van der Waals surface area contributed by atoms with Crippen LogP contribution in [0.2, 0.25) is 0 Å². The van der Waals surface area contributed by atoms with Crippen LogP contribution in [0.25, 0.3) is 5.69 Å². The van der Waals surface area contributed by atoms with E-state index in [0.717, 1.165) is 54.7 Å². The largest absolute Gasteiger partial charge is 0.399 e. The number of nitrogens with zero attached hydrogens (tertiary/aromatic N) is 5. The van der Waals surface area contributed by atoms with E-state index >= 15 is 0 Å². The van der Waals surface area contributed by atoms with Gasteiger partial charge in [0.1, 0.15) is 5.82 Å². The van der Waals surface area contributed by atoms with Gasteiger partial charge in [-0.05, 0) is 43.4 Å². The normalized spacial score (nSPS) is 15.2. The molecule has 4 rings (SSSR count).